The zero-order chi connectivity index (χ0) is 19.6. The predicted molar refractivity (Wildman–Crippen MR) is 107 cm³/mol. The van der Waals surface area contributed by atoms with Crippen LogP contribution in [0.25, 0.3) is 11.6 Å². The van der Waals surface area contributed by atoms with Gasteiger partial charge in [0.05, 0.1) is 26.4 Å². The molecule has 144 valence electrons. The van der Waals surface area contributed by atoms with Crippen molar-refractivity contribution < 1.29 is 24.1 Å². The molecule has 2 rings (SSSR count). The van der Waals surface area contributed by atoms with Gasteiger partial charge in [-0.3, -0.25) is 0 Å². The van der Waals surface area contributed by atoms with Crippen LogP contribution < -0.4 is 14.2 Å². The Morgan fingerprint density at radius 2 is 1.81 bits per heavy atom. The molecule has 0 aliphatic carbocycles. The number of hydrogen-bond donors (Lipinski definition) is 1. The third-order valence-corrected chi connectivity index (χ3v) is 4.11. The summed E-state index contributed by atoms with van der Waals surface area (Å²) in [6.45, 7) is 2.80. The molecule has 0 heterocycles. The third kappa shape index (κ3) is 5.78. The molecule has 0 amide bonds. The van der Waals surface area contributed by atoms with Crippen LogP contribution in [0.1, 0.15) is 37.3 Å². The minimum atomic E-state index is -1.02. The molecule has 0 aromatic heterocycles. The predicted octanol–water partition coefficient (Wildman–Crippen LogP) is 4.90. The fourth-order valence-corrected chi connectivity index (χ4v) is 2.68. The van der Waals surface area contributed by atoms with Crippen molar-refractivity contribution in [2.45, 2.75) is 26.2 Å². The number of ether oxygens (including phenoxy) is 3. The average molecular weight is 370 g/mol. The summed E-state index contributed by atoms with van der Waals surface area (Å²) in [6.07, 6.45) is 4.90. The fraction of sp³-hybridized carbons (Fsp3) is 0.318. The molecule has 0 aliphatic heterocycles. The molecule has 0 saturated heterocycles. The van der Waals surface area contributed by atoms with Gasteiger partial charge in [-0.15, -0.1) is 0 Å². The number of carbonyl (C=O) groups is 1. The Labute approximate surface area is 160 Å². The van der Waals surface area contributed by atoms with Crippen LogP contribution in [-0.4, -0.2) is 31.9 Å². The number of hydrogen-bond acceptors (Lipinski definition) is 4. The molecule has 2 aromatic rings. The highest BCUT2D eigenvalue weighted by atomic mass is 16.5. The minimum Gasteiger partial charge on any atom is -0.494 e. The van der Waals surface area contributed by atoms with Gasteiger partial charge in [0.25, 0.3) is 0 Å². The van der Waals surface area contributed by atoms with Crippen LogP contribution in [0.5, 0.6) is 17.2 Å². The molecule has 0 spiro atoms. The summed E-state index contributed by atoms with van der Waals surface area (Å²) in [6, 6.07) is 12.5. The van der Waals surface area contributed by atoms with E-state index >= 15 is 0 Å². The van der Waals surface area contributed by atoms with E-state index in [1.54, 1.807) is 24.3 Å². The van der Waals surface area contributed by atoms with E-state index in [2.05, 4.69) is 6.92 Å². The number of rotatable bonds is 10. The van der Waals surface area contributed by atoms with E-state index in [-0.39, 0.29) is 5.57 Å². The number of carboxylic acids is 1. The molecule has 5 heteroatoms. The molecule has 1 N–H and O–H groups in total. The first kappa shape index (κ1) is 20.4. The summed E-state index contributed by atoms with van der Waals surface area (Å²) in [4.78, 5) is 11.8. The van der Waals surface area contributed by atoms with Crippen molar-refractivity contribution in [3.05, 3.63) is 53.6 Å². The summed E-state index contributed by atoms with van der Waals surface area (Å²) in [5, 5.41) is 9.68. The van der Waals surface area contributed by atoms with Crippen LogP contribution in [0.15, 0.2) is 42.5 Å². The van der Waals surface area contributed by atoms with Gasteiger partial charge in [0.15, 0.2) is 11.5 Å². The molecule has 0 fully saturated rings. The van der Waals surface area contributed by atoms with Gasteiger partial charge in [0, 0.05) is 0 Å². The molecule has 0 saturated carbocycles. The average Bonchev–Trinajstić information content (AvgIpc) is 2.69. The van der Waals surface area contributed by atoms with Crippen molar-refractivity contribution in [1.29, 1.82) is 0 Å². The zero-order valence-corrected chi connectivity index (χ0v) is 16.0. The first-order valence-electron chi connectivity index (χ1n) is 8.99. The van der Waals surface area contributed by atoms with Crippen LogP contribution in [-0.2, 0) is 4.79 Å². The van der Waals surface area contributed by atoms with Crippen molar-refractivity contribution >= 4 is 17.6 Å². The maximum absolute atomic E-state index is 11.8. The van der Waals surface area contributed by atoms with E-state index in [1.165, 1.54) is 14.2 Å². The maximum Gasteiger partial charge on any atom is 0.336 e. The van der Waals surface area contributed by atoms with E-state index in [0.717, 1.165) is 30.6 Å². The van der Waals surface area contributed by atoms with Crippen LogP contribution in [0.3, 0.4) is 0 Å². The van der Waals surface area contributed by atoms with Crippen LogP contribution >= 0.6 is 0 Å². The summed E-state index contributed by atoms with van der Waals surface area (Å²) < 4.78 is 16.2. The summed E-state index contributed by atoms with van der Waals surface area (Å²) >= 11 is 0. The van der Waals surface area contributed by atoms with Gasteiger partial charge in [-0.05, 0) is 47.9 Å². The first-order valence-corrected chi connectivity index (χ1v) is 8.99. The first-order chi connectivity index (χ1) is 13.1. The Hall–Kier alpha value is -2.95. The van der Waals surface area contributed by atoms with Crippen LogP contribution in [0.4, 0.5) is 0 Å². The Balaban J connectivity index is 2.29. The Morgan fingerprint density at radius 1 is 1.04 bits per heavy atom. The molecule has 27 heavy (non-hydrogen) atoms. The van der Waals surface area contributed by atoms with Gasteiger partial charge >= 0.3 is 5.97 Å². The second kappa shape index (κ2) is 10.3. The SMILES string of the molecule is CCCCCOc1cccc(/C=C(\C(=O)O)c2ccc(OC)c(OC)c2)c1. The number of carboxylic acid groups (broad SMARTS) is 1. The lowest BCUT2D eigenvalue weighted by Gasteiger charge is -2.10. The van der Waals surface area contributed by atoms with E-state index in [4.69, 9.17) is 14.2 Å². The molecule has 0 atom stereocenters. The molecule has 0 aliphatic rings. The Morgan fingerprint density at radius 3 is 2.48 bits per heavy atom. The largest absolute Gasteiger partial charge is 0.494 e. The topological polar surface area (TPSA) is 65.0 Å². The third-order valence-electron chi connectivity index (χ3n) is 4.11. The van der Waals surface area contributed by atoms with E-state index in [0.29, 0.717) is 23.7 Å². The number of methoxy groups -OCH3 is 2. The number of aliphatic carboxylic acids is 1. The van der Waals surface area contributed by atoms with Gasteiger partial charge in [-0.2, -0.15) is 0 Å². The molecular weight excluding hydrogens is 344 g/mol. The summed E-state index contributed by atoms with van der Waals surface area (Å²) in [5.41, 5.74) is 1.46. The van der Waals surface area contributed by atoms with Gasteiger partial charge in [0.2, 0.25) is 0 Å². The van der Waals surface area contributed by atoms with Crippen LogP contribution in [0.2, 0.25) is 0 Å². The Bertz CT molecular complexity index is 795. The monoisotopic (exact) mass is 370 g/mol. The van der Waals surface area contributed by atoms with Gasteiger partial charge in [-0.1, -0.05) is 38.0 Å². The van der Waals surface area contributed by atoms with E-state index in [9.17, 15) is 9.90 Å². The molecule has 2 aromatic carbocycles. The lowest BCUT2D eigenvalue weighted by molar-refractivity contribution is -0.130. The van der Waals surface area contributed by atoms with Gasteiger partial charge in [0.1, 0.15) is 5.75 Å². The highest BCUT2D eigenvalue weighted by molar-refractivity contribution is 6.20. The zero-order valence-electron chi connectivity index (χ0n) is 16.0. The smallest absolute Gasteiger partial charge is 0.336 e. The summed E-state index contributed by atoms with van der Waals surface area (Å²) in [7, 11) is 3.06. The van der Waals surface area contributed by atoms with Crippen LogP contribution in [0, 0.1) is 0 Å². The molecule has 0 radical (unpaired) electrons. The lowest BCUT2D eigenvalue weighted by Crippen LogP contribution is -2.01. The quantitative estimate of drug-likeness (QED) is 0.366. The maximum atomic E-state index is 11.8. The summed E-state index contributed by atoms with van der Waals surface area (Å²) in [5.74, 6) is 0.747. The molecule has 0 bridgehead atoms. The number of benzene rings is 2. The van der Waals surface area contributed by atoms with Crippen molar-refractivity contribution in [2.75, 3.05) is 20.8 Å². The normalized spacial score (nSPS) is 11.1. The fourth-order valence-electron chi connectivity index (χ4n) is 2.68. The van der Waals surface area contributed by atoms with Crippen molar-refractivity contribution in [3.63, 3.8) is 0 Å². The molecule has 5 nitrogen and oxygen atoms in total. The highest BCUT2D eigenvalue weighted by Gasteiger charge is 2.14. The minimum absolute atomic E-state index is 0.166. The van der Waals surface area contributed by atoms with Gasteiger partial charge in [-0.25, -0.2) is 4.79 Å². The molecule has 0 unspecified atom stereocenters. The Kier molecular flexibility index (Phi) is 7.74. The second-order valence-corrected chi connectivity index (χ2v) is 6.06. The number of unbranched alkanes of at least 4 members (excludes halogenated alkanes) is 2. The van der Waals surface area contributed by atoms with E-state index < -0.39 is 5.97 Å². The van der Waals surface area contributed by atoms with Crippen molar-refractivity contribution in [2.24, 2.45) is 0 Å². The van der Waals surface area contributed by atoms with E-state index in [1.807, 2.05) is 24.3 Å². The van der Waals surface area contributed by atoms with Gasteiger partial charge < -0.3 is 19.3 Å². The second-order valence-electron chi connectivity index (χ2n) is 6.06. The lowest BCUT2D eigenvalue weighted by atomic mass is 10.0. The van der Waals surface area contributed by atoms with Crippen molar-refractivity contribution in [3.8, 4) is 17.2 Å². The molecular formula is C22H26O5. The highest BCUT2D eigenvalue weighted by Crippen LogP contribution is 2.31. The van der Waals surface area contributed by atoms with Crippen molar-refractivity contribution in [1.82, 2.24) is 0 Å². The standard InChI is InChI=1S/C22H26O5/c1-4-5-6-12-27-18-9-7-8-16(13-18)14-19(22(23)24)17-10-11-20(25-2)21(15-17)26-3/h7-11,13-15H,4-6,12H2,1-3H3,(H,23,24)/b19-14-.